The fourth-order valence-electron chi connectivity index (χ4n) is 2.31. The second-order valence-corrected chi connectivity index (χ2v) is 5.40. The van der Waals surface area contributed by atoms with E-state index in [9.17, 15) is 0 Å². The summed E-state index contributed by atoms with van der Waals surface area (Å²) < 4.78 is 5.05. The molecule has 0 spiro atoms. The van der Waals surface area contributed by atoms with Gasteiger partial charge in [0, 0.05) is 19.7 Å². The zero-order chi connectivity index (χ0) is 12.0. The highest BCUT2D eigenvalue weighted by Gasteiger charge is 2.21. The average molecular weight is 244 g/mol. The van der Waals surface area contributed by atoms with E-state index in [1.807, 2.05) is 0 Å². The van der Waals surface area contributed by atoms with Crippen LogP contribution >= 0.6 is 12.2 Å². The molecular formula is C12H24N2OS. The number of methoxy groups -OCH3 is 1. The lowest BCUT2D eigenvalue weighted by atomic mass is 10.1. The van der Waals surface area contributed by atoms with Crippen molar-refractivity contribution >= 4 is 17.3 Å². The molecule has 16 heavy (non-hydrogen) atoms. The van der Waals surface area contributed by atoms with Gasteiger partial charge in [-0.3, -0.25) is 0 Å². The Morgan fingerprint density at radius 1 is 1.50 bits per heavy atom. The van der Waals surface area contributed by atoms with E-state index in [1.165, 1.54) is 19.3 Å². The third-order valence-corrected chi connectivity index (χ3v) is 3.41. The van der Waals surface area contributed by atoms with Gasteiger partial charge in [-0.05, 0) is 43.8 Å². The topological polar surface area (TPSA) is 33.3 Å². The second kappa shape index (κ2) is 7.07. The van der Waals surface area contributed by atoms with E-state index in [4.69, 9.17) is 17.0 Å². The number of hydrogen-bond acceptors (Lipinski definition) is 2. The maximum Gasteiger partial charge on any atom is 0.166 e. The molecule has 0 radical (unpaired) electrons. The Kier molecular flexibility index (Phi) is 6.06. The first-order chi connectivity index (χ1) is 7.61. The Labute approximate surface area is 104 Å². The van der Waals surface area contributed by atoms with Gasteiger partial charge in [0.15, 0.2) is 5.11 Å². The molecule has 4 heteroatoms. The first-order valence-corrected chi connectivity index (χ1v) is 6.56. The van der Waals surface area contributed by atoms with E-state index in [1.54, 1.807) is 7.11 Å². The Hall–Kier alpha value is -0.350. The Morgan fingerprint density at radius 2 is 2.25 bits per heavy atom. The fourth-order valence-corrected chi connectivity index (χ4v) is 2.60. The summed E-state index contributed by atoms with van der Waals surface area (Å²) in [6, 6.07) is 0.271. The highest BCUT2D eigenvalue weighted by atomic mass is 32.1. The summed E-state index contributed by atoms with van der Waals surface area (Å²) in [4.78, 5) is 0. The molecule has 3 atom stereocenters. The van der Waals surface area contributed by atoms with Gasteiger partial charge in [-0.25, -0.2) is 0 Å². The molecule has 2 N–H and O–H groups in total. The molecule has 1 rings (SSSR count). The van der Waals surface area contributed by atoms with Crippen LogP contribution < -0.4 is 10.6 Å². The van der Waals surface area contributed by atoms with Gasteiger partial charge in [0.05, 0.1) is 6.61 Å². The largest absolute Gasteiger partial charge is 0.383 e. The number of ether oxygens (including phenoxy) is 1. The minimum Gasteiger partial charge on any atom is -0.383 e. The third kappa shape index (κ3) is 5.12. The van der Waals surface area contributed by atoms with Crippen LogP contribution in [-0.4, -0.2) is 31.4 Å². The van der Waals surface area contributed by atoms with E-state index < -0.39 is 0 Å². The Bertz CT molecular complexity index is 223. The standard InChI is InChI=1S/C12H24N2OS/c1-9-4-5-11(6-9)7-13-12(16)14-10(2)8-15-3/h9-11H,4-8H2,1-3H3,(H2,13,14,16). The Morgan fingerprint density at radius 3 is 2.81 bits per heavy atom. The summed E-state index contributed by atoms with van der Waals surface area (Å²) in [6.07, 6.45) is 4.04. The van der Waals surface area contributed by atoms with Gasteiger partial charge >= 0.3 is 0 Å². The van der Waals surface area contributed by atoms with Crippen LogP contribution in [0, 0.1) is 11.8 Å². The van der Waals surface area contributed by atoms with Crippen LogP contribution in [0.3, 0.4) is 0 Å². The van der Waals surface area contributed by atoms with Gasteiger partial charge < -0.3 is 15.4 Å². The summed E-state index contributed by atoms with van der Waals surface area (Å²) in [5.41, 5.74) is 0. The van der Waals surface area contributed by atoms with E-state index in [-0.39, 0.29) is 6.04 Å². The molecule has 0 aromatic carbocycles. The summed E-state index contributed by atoms with van der Waals surface area (Å²) in [6.45, 7) is 6.09. The van der Waals surface area contributed by atoms with Crippen LogP contribution in [0.4, 0.5) is 0 Å². The summed E-state index contributed by atoms with van der Waals surface area (Å²) in [7, 11) is 1.70. The van der Waals surface area contributed by atoms with Crippen molar-refractivity contribution in [3.63, 3.8) is 0 Å². The molecule has 3 unspecified atom stereocenters. The number of rotatable bonds is 5. The number of nitrogens with one attached hydrogen (secondary N) is 2. The smallest absolute Gasteiger partial charge is 0.166 e. The van der Waals surface area contributed by atoms with E-state index in [2.05, 4.69) is 24.5 Å². The van der Waals surface area contributed by atoms with Crippen LogP contribution in [0.2, 0.25) is 0 Å². The van der Waals surface area contributed by atoms with Gasteiger partial charge in [-0.2, -0.15) is 0 Å². The molecule has 0 aromatic heterocycles. The molecule has 0 bridgehead atoms. The average Bonchev–Trinajstić information content (AvgIpc) is 2.61. The lowest BCUT2D eigenvalue weighted by molar-refractivity contribution is 0.179. The van der Waals surface area contributed by atoms with Crippen LogP contribution in [0.25, 0.3) is 0 Å². The van der Waals surface area contributed by atoms with Gasteiger partial charge in [0.2, 0.25) is 0 Å². The highest BCUT2D eigenvalue weighted by molar-refractivity contribution is 7.80. The first-order valence-electron chi connectivity index (χ1n) is 6.15. The van der Waals surface area contributed by atoms with Crippen molar-refractivity contribution < 1.29 is 4.74 Å². The molecule has 0 heterocycles. The Balaban J connectivity index is 2.10. The van der Waals surface area contributed by atoms with Crippen LogP contribution in [-0.2, 0) is 4.74 Å². The van der Waals surface area contributed by atoms with Crippen molar-refractivity contribution in [2.24, 2.45) is 11.8 Å². The predicted octanol–water partition coefficient (Wildman–Crippen LogP) is 1.92. The number of hydrogen-bond donors (Lipinski definition) is 2. The predicted molar refractivity (Wildman–Crippen MR) is 71.6 cm³/mol. The maximum absolute atomic E-state index is 5.23. The number of thiocarbonyl (C=S) groups is 1. The molecule has 94 valence electrons. The third-order valence-electron chi connectivity index (χ3n) is 3.15. The van der Waals surface area contributed by atoms with Gasteiger partial charge in [0.1, 0.15) is 0 Å². The van der Waals surface area contributed by atoms with Crippen LogP contribution in [0.15, 0.2) is 0 Å². The highest BCUT2D eigenvalue weighted by Crippen LogP contribution is 2.29. The molecular weight excluding hydrogens is 220 g/mol. The molecule has 0 saturated heterocycles. The summed E-state index contributed by atoms with van der Waals surface area (Å²) >= 11 is 5.23. The van der Waals surface area contributed by atoms with Crippen molar-refractivity contribution in [3.8, 4) is 0 Å². The minimum atomic E-state index is 0.271. The molecule has 1 fully saturated rings. The van der Waals surface area contributed by atoms with E-state index >= 15 is 0 Å². The SMILES string of the molecule is COCC(C)NC(=S)NCC1CCC(C)C1. The van der Waals surface area contributed by atoms with Crippen molar-refractivity contribution in [1.82, 2.24) is 10.6 Å². The molecule has 1 saturated carbocycles. The zero-order valence-corrected chi connectivity index (χ0v) is 11.4. The van der Waals surface area contributed by atoms with E-state index in [0.717, 1.165) is 23.5 Å². The lowest BCUT2D eigenvalue weighted by Gasteiger charge is -2.18. The van der Waals surface area contributed by atoms with Crippen LogP contribution in [0.5, 0.6) is 0 Å². The first kappa shape index (κ1) is 13.7. The zero-order valence-electron chi connectivity index (χ0n) is 10.6. The normalized spacial score (nSPS) is 26.4. The molecule has 0 aromatic rings. The van der Waals surface area contributed by atoms with Crippen molar-refractivity contribution in [1.29, 1.82) is 0 Å². The summed E-state index contributed by atoms with van der Waals surface area (Å²) in [5, 5.41) is 7.26. The van der Waals surface area contributed by atoms with Crippen molar-refractivity contribution in [2.45, 2.75) is 39.2 Å². The maximum atomic E-state index is 5.23. The lowest BCUT2D eigenvalue weighted by Crippen LogP contribution is -2.43. The van der Waals surface area contributed by atoms with Gasteiger partial charge in [0.25, 0.3) is 0 Å². The molecule has 1 aliphatic carbocycles. The minimum absolute atomic E-state index is 0.271. The second-order valence-electron chi connectivity index (χ2n) is 5.00. The molecule has 3 nitrogen and oxygen atoms in total. The molecule has 1 aliphatic rings. The van der Waals surface area contributed by atoms with Crippen molar-refractivity contribution in [2.75, 3.05) is 20.3 Å². The molecule has 0 aliphatic heterocycles. The summed E-state index contributed by atoms with van der Waals surface area (Å²) in [5.74, 6) is 1.69. The van der Waals surface area contributed by atoms with E-state index in [0.29, 0.717) is 6.61 Å². The van der Waals surface area contributed by atoms with Crippen molar-refractivity contribution in [3.05, 3.63) is 0 Å². The van der Waals surface area contributed by atoms with Gasteiger partial charge in [-0.15, -0.1) is 0 Å². The van der Waals surface area contributed by atoms with Crippen LogP contribution in [0.1, 0.15) is 33.1 Å². The monoisotopic (exact) mass is 244 g/mol. The van der Waals surface area contributed by atoms with Gasteiger partial charge in [-0.1, -0.05) is 13.3 Å². The quantitative estimate of drug-likeness (QED) is 0.724. The molecule has 0 amide bonds. The fraction of sp³-hybridized carbons (Fsp3) is 0.917.